The predicted octanol–water partition coefficient (Wildman–Crippen LogP) is 1.99. The largest absolute Gasteiger partial charge is 0.472 e. The van der Waals surface area contributed by atoms with E-state index in [4.69, 9.17) is 4.42 Å². The van der Waals surface area contributed by atoms with Gasteiger partial charge in [-0.1, -0.05) is 13.3 Å². The predicted molar refractivity (Wildman–Crippen MR) is 87.7 cm³/mol. The third-order valence-corrected chi connectivity index (χ3v) is 4.27. The Morgan fingerprint density at radius 2 is 2.21 bits per heavy atom. The molecule has 2 aromatic heterocycles. The zero-order chi connectivity index (χ0) is 16.9. The van der Waals surface area contributed by atoms with E-state index in [1.807, 2.05) is 0 Å². The molecule has 7 heteroatoms. The summed E-state index contributed by atoms with van der Waals surface area (Å²) in [5.74, 6) is -0.182. The fraction of sp³-hybridized carbons (Fsp3) is 0.471. The summed E-state index contributed by atoms with van der Waals surface area (Å²) in [5.41, 5.74) is 1.97. The van der Waals surface area contributed by atoms with Gasteiger partial charge < -0.3 is 14.6 Å². The van der Waals surface area contributed by atoms with Gasteiger partial charge >= 0.3 is 0 Å². The number of amides is 2. The monoisotopic (exact) mass is 330 g/mol. The Hall–Kier alpha value is -2.57. The van der Waals surface area contributed by atoms with Crippen molar-refractivity contribution in [3.8, 4) is 0 Å². The van der Waals surface area contributed by atoms with Gasteiger partial charge in [-0.25, -0.2) is 0 Å². The van der Waals surface area contributed by atoms with Crippen LogP contribution in [0.3, 0.4) is 0 Å². The highest BCUT2D eigenvalue weighted by Gasteiger charge is 2.25. The molecule has 2 aromatic rings. The first-order valence-electron chi connectivity index (χ1n) is 8.34. The molecule has 0 aromatic carbocycles. The maximum atomic E-state index is 12.2. The van der Waals surface area contributed by atoms with Crippen molar-refractivity contribution in [2.45, 2.75) is 38.6 Å². The molecule has 0 saturated carbocycles. The van der Waals surface area contributed by atoms with Gasteiger partial charge in [-0.3, -0.25) is 14.7 Å². The quantitative estimate of drug-likeness (QED) is 0.877. The maximum absolute atomic E-state index is 12.2. The molecule has 0 radical (unpaired) electrons. The molecule has 0 bridgehead atoms. The number of hydrogen-bond donors (Lipinski definition) is 2. The summed E-state index contributed by atoms with van der Waals surface area (Å²) >= 11 is 0. The van der Waals surface area contributed by atoms with E-state index in [1.54, 1.807) is 17.0 Å². The number of carbonyl (C=O) groups is 2. The smallest absolute Gasteiger partial charge is 0.271 e. The van der Waals surface area contributed by atoms with Crippen molar-refractivity contribution < 1.29 is 14.0 Å². The lowest BCUT2D eigenvalue weighted by molar-refractivity contribution is 0.0697. The molecule has 2 N–H and O–H groups in total. The first-order valence-corrected chi connectivity index (χ1v) is 8.34. The zero-order valence-corrected chi connectivity index (χ0v) is 13.7. The summed E-state index contributed by atoms with van der Waals surface area (Å²) in [6.07, 6.45) is 6.32. The molecular formula is C17H22N4O3. The zero-order valence-electron chi connectivity index (χ0n) is 13.7. The number of carbonyl (C=O) groups excluding carboxylic acids is 2. The lowest BCUT2D eigenvalue weighted by Crippen LogP contribution is -2.46. The van der Waals surface area contributed by atoms with Crippen LogP contribution in [0.15, 0.2) is 29.1 Å². The van der Waals surface area contributed by atoms with Gasteiger partial charge in [0.05, 0.1) is 11.8 Å². The third-order valence-electron chi connectivity index (χ3n) is 4.27. The summed E-state index contributed by atoms with van der Waals surface area (Å²) < 4.78 is 4.95. The summed E-state index contributed by atoms with van der Waals surface area (Å²) in [6, 6.07) is 3.54. The number of piperidine rings is 1. The molecule has 3 rings (SSSR count). The van der Waals surface area contributed by atoms with Crippen LogP contribution in [-0.2, 0) is 6.42 Å². The van der Waals surface area contributed by atoms with E-state index in [1.165, 1.54) is 12.5 Å². The Morgan fingerprint density at radius 1 is 1.42 bits per heavy atom. The van der Waals surface area contributed by atoms with Gasteiger partial charge in [-0.05, 0) is 31.4 Å². The minimum absolute atomic E-state index is 0.0231. The fourth-order valence-corrected chi connectivity index (χ4v) is 2.93. The SMILES string of the molecule is CCCc1cc(C(=O)NC2CCN(C(=O)c3ccoc3)CC2)n[nH]1. The van der Waals surface area contributed by atoms with Crippen molar-refractivity contribution in [1.82, 2.24) is 20.4 Å². The van der Waals surface area contributed by atoms with Crippen LogP contribution in [0.5, 0.6) is 0 Å². The van der Waals surface area contributed by atoms with Crippen molar-refractivity contribution in [3.05, 3.63) is 41.6 Å². The van der Waals surface area contributed by atoms with Crippen LogP contribution in [0.1, 0.15) is 52.7 Å². The average molecular weight is 330 g/mol. The molecule has 128 valence electrons. The van der Waals surface area contributed by atoms with Crippen LogP contribution in [0.25, 0.3) is 0 Å². The Balaban J connectivity index is 1.49. The number of aryl methyl sites for hydroxylation is 1. The van der Waals surface area contributed by atoms with Crippen LogP contribution in [0, 0.1) is 0 Å². The number of H-pyrrole nitrogens is 1. The van der Waals surface area contributed by atoms with Crippen molar-refractivity contribution >= 4 is 11.8 Å². The van der Waals surface area contributed by atoms with E-state index in [0.717, 1.165) is 31.4 Å². The van der Waals surface area contributed by atoms with Crippen molar-refractivity contribution in [2.75, 3.05) is 13.1 Å². The second kappa shape index (κ2) is 7.33. The van der Waals surface area contributed by atoms with Crippen LogP contribution in [-0.4, -0.2) is 46.0 Å². The Labute approximate surface area is 140 Å². The van der Waals surface area contributed by atoms with Gasteiger partial charge in [0, 0.05) is 24.8 Å². The van der Waals surface area contributed by atoms with Gasteiger partial charge in [0.15, 0.2) is 0 Å². The first-order chi connectivity index (χ1) is 11.7. The number of likely N-dealkylation sites (tertiary alicyclic amines) is 1. The number of hydrogen-bond acceptors (Lipinski definition) is 4. The Morgan fingerprint density at radius 3 is 2.88 bits per heavy atom. The molecule has 0 atom stereocenters. The van der Waals surface area contributed by atoms with Gasteiger partial charge in [0.1, 0.15) is 12.0 Å². The Bertz CT molecular complexity index is 685. The van der Waals surface area contributed by atoms with Gasteiger partial charge in [-0.15, -0.1) is 0 Å². The van der Waals surface area contributed by atoms with Gasteiger partial charge in [0.25, 0.3) is 11.8 Å². The van der Waals surface area contributed by atoms with Crippen LogP contribution in [0.4, 0.5) is 0 Å². The maximum Gasteiger partial charge on any atom is 0.271 e. The summed E-state index contributed by atoms with van der Waals surface area (Å²) in [5, 5.41) is 9.96. The van der Waals surface area contributed by atoms with E-state index >= 15 is 0 Å². The lowest BCUT2D eigenvalue weighted by atomic mass is 10.0. The van der Waals surface area contributed by atoms with E-state index in [9.17, 15) is 9.59 Å². The Kier molecular flexibility index (Phi) is 4.98. The first kappa shape index (κ1) is 16.3. The van der Waals surface area contributed by atoms with Crippen molar-refractivity contribution in [1.29, 1.82) is 0 Å². The highest BCUT2D eigenvalue weighted by Crippen LogP contribution is 2.15. The molecule has 1 aliphatic rings. The summed E-state index contributed by atoms with van der Waals surface area (Å²) in [4.78, 5) is 26.3. The second-order valence-corrected chi connectivity index (χ2v) is 6.08. The standard InChI is InChI=1S/C17H22N4O3/c1-2-3-14-10-15(20-19-14)16(22)18-13-4-7-21(8-5-13)17(23)12-6-9-24-11-12/h6,9-11,13H,2-5,7-8H2,1H3,(H,18,22)(H,19,20). The fourth-order valence-electron chi connectivity index (χ4n) is 2.93. The van der Waals surface area contributed by atoms with Gasteiger partial charge in [-0.2, -0.15) is 5.10 Å². The molecule has 0 spiro atoms. The van der Waals surface area contributed by atoms with E-state index in [0.29, 0.717) is 24.3 Å². The van der Waals surface area contributed by atoms with Gasteiger partial charge in [0.2, 0.25) is 0 Å². The van der Waals surface area contributed by atoms with Crippen LogP contribution in [0.2, 0.25) is 0 Å². The molecular weight excluding hydrogens is 308 g/mol. The number of nitrogens with one attached hydrogen (secondary N) is 2. The molecule has 24 heavy (non-hydrogen) atoms. The highest BCUT2D eigenvalue weighted by atomic mass is 16.3. The highest BCUT2D eigenvalue weighted by molar-refractivity contribution is 5.94. The topological polar surface area (TPSA) is 91.2 Å². The van der Waals surface area contributed by atoms with Crippen molar-refractivity contribution in [3.63, 3.8) is 0 Å². The minimum atomic E-state index is -0.159. The number of aromatic amines is 1. The molecule has 1 aliphatic heterocycles. The molecule has 1 saturated heterocycles. The molecule has 0 unspecified atom stereocenters. The summed E-state index contributed by atoms with van der Waals surface area (Å²) in [7, 11) is 0. The van der Waals surface area contributed by atoms with E-state index in [-0.39, 0.29) is 17.9 Å². The number of furan rings is 1. The van der Waals surface area contributed by atoms with E-state index in [2.05, 4.69) is 22.4 Å². The summed E-state index contributed by atoms with van der Waals surface area (Å²) in [6.45, 7) is 3.33. The molecule has 2 amide bonds. The van der Waals surface area contributed by atoms with E-state index < -0.39 is 0 Å². The minimum Gasteiger partial charge on any atom is -0.472 e. The number of aromatic nitrogens is 2. The van der Waals surface area contributed by atoms with Crippen molar-refractivity contribution in [2.24, 2.45) is 0 Å². The molecule has 3 heterocycles. The number of nitrogens with zero attached hydrogens (tertiary/aromatic N) is 2. The number of rotatable bonds is 5. The van der Waals surface area contributed by atoms with Crippen LogP contribution < -0.4 is 5.32 Å². The molecule has 0 aliphatic carbocycles. The lowest BCUT2D eigenvalue weighted by Gasteiger charge is -2.32. The third kappa shape index (κ3) is 3.67. The molecule has 7 nitrogen and oxygen atoms in total. The normalized spacial score (nSPS) is 15.5. The second-order valence-electron chi connectivity index (χ2n) is 6.08. The molecule has 1 fully saturated rings. The average Bonchev–Trinajstić information content (AvgIpc) is 3.27. The van der Waals surface area contributed by atoms with Crippen LogP contribution >= 0.6 is 0 Å².